The summed E-state index contributed by atoms with van der Waals surface area (Å²) >= 11 is 0. The molecule has 0 atom stereocenters. The van der Waals surface area contributed by atoms with Crippen LogP contribution in [0.4, 0.5) is 34.9 Å². The van der Waals surface area contributed by atoms with E-state index < -0.39 is 0 Å². The maximum Gasteiger partial charge on any atom is 0.233 e. The number of nitrogens with one attached hydrogen (secondary N) is 3. The van der Waals surface area contributed by atoms with Gasteiger partial charge in [0.1, 0.15) is 0 Å². The lowest BCUT2D eigenvalue weighted by atomic mass is 10.2. The first-order valence-corrected chi connectivity index (χ1v) is 9.82. The first kappa shape index (κ1) is 19.4. The van der Waals surface area contributed by atoms with Crippen molar-refractivity contribution in [2.24, 2.45) is 0 Å². The Hall–Kier alpha value is -3.93. The first-order chi connectivity index (χ1) is 14.6. The van der Waals surface area contributed by atoms with Gasteiger partial charge in [-0.3, -0.25) is 0 Å². The van der Waals surface area contributed by atoms with E-state index in [0.29, 0.717) is 17.8 Å². The van der Waals surface area contributed by atoms with Gasteiger partial charge in [0, 0.05) is 17.1 Å². The number of hydrogen-bond donors (Lipinski definition) is 3. The quantitative estimate of drug-likeness (QED) is 0.370. The van der Waals surface area contributed by atoms with Crippen molar-refractivity contribution in [2.45, 2.75) is 20.8 Å². The molecule has 0 spiro atoms. The first-order valence-electron chi connectivity index (χ1n) is 9.82. The van der Waals surface area contributed by atoms with E-state index in [-0.39, 0.29) is 0 Å². The van der Waals surface area contributed by atoms with Crippen LogP contribution in [0.3, 0.4) is 0 Å². The molecule has 0 fully saturated rings. The van der Waals surface area contributed by atoms with Gasteiger partial charge in [-0.1, -0.05) is 54.1 Å². The molecule has 0 bridgehead atoms. The number of para-hydroxylation sites is 2. The van der Waals surface area contributed by atoms with Crippen molar-refractivity contribution in [2.75, 3.05) is 16.0 Å². The van der Waals surface area contributed by atoms with Crippen LogP contribution in [0.1, 0.15) is 16.7 Å². The average Bonchev–Trinajstić information content (AvgIpc) is 2.73. The summed E-state index contributed by atoms with van der Waals surface area (Å²) in [6.45, 7) is 6.14. The second kappa shape index (κ2) is 8.61. The SMILES string of the molecule is Cc1ccc(Nc2nc(Nc3ccccc3C)nc(Nc3ccccc3C)n2)cc1. The summed E-state index contributed by atoms with van der Waals surface area (Å²) in [4.78, 5) is 13.7. The molecule has 0 amide bonds. The van der Waals surface area contributed by atoms with Crippen molar-refractivity contribution in [1.29, 1.82) is 0 Å². The van der Waals surface area contributed by atoms with E-state index in [1.54, 1.807) is 0 Å². The number of aryl methyl sites for hydroxylation is 3. The lowest BCUT2D eigenvalue weighted by Crippen LogP contribution is -2.08. The molecular weight excluding hydrogens is 372 g/mol. The molecule has 0 unspecified atom stereocenters. The van der Waals surface area contributed by atoms with Crippen LogP contribution in [-0.4, -0.2) is 15.0 Å². The predicted octanol–water partition coefficient (Wildman–Crippen LogP) is 6.03. The van der Waals surface area contributed by atoms with E-state index in [0.717, 1.165) is 28.2 Å². The fourth-order valence-electron chi connectivity index (χ4n) is 2.98. The summed E-state index contributed by atoms with van der Waals surface area (Å²) in [7, 11) is 0. The second-order valence-electron chi connectivity index (χ2n) is 7.18. The standard InChI is InChI=1S/C24H24N6/c1-16-12-14-19(15-13-16)25-22-28-23(26-20-10-6-4-8-17(20)2)30-24(29-22)27-21-11-7-5-9-18(21)3/h4-15H,1-3H3,(H3,25,26,27,28,29,30). The number of aromatic nitrogens is 3. The Kier molecular flexibility index (Phi) is 5.57. The maximum atomic E-state index is 4.58. The normalized spacial score (nSPS) is 10.5. The second-order valence-corrected chi connectivity index (χ2v) is 7.18. The summed E-state index contributed by atoms with van der Waals surface area (Å²) < 4.78 is 0. The fraction of sp³-hybridized carbons (Fsp3) is 0.125. The third-order valence-corrected chi connectivity index (χ3v) is 4.73. The Morgan fingerprint density at radius 2 is 0.933 bits per heavy atom. The highest BCUT2D eigenvalue weighted by atomic mass is 15.3. The van der Waals surface area contributed by atoms with Crippen molar-refractivity contribution < 1.29 is 0 Å². The van der Waals surface area contributed by atoms with Gasteiger partial charge in [-0.25, -0.2) is 0 Å². The minimum atomic E-state index is 0.459. The molecule has 150 valence electrons. The molecule has 6 heteroatoms. The number of hydrogen-bond acceptors (Lipinski definition) is 6. The topological polar surface area (TPSA) is 74.8 Å². The Morgan fingerprint density at radius 1 is 0.500 bits per heavy atom. The van der Waals surface area contributed by atoms with Crippen molar-refractivity contribution in [3.63, 3.8) is 0 Å². The average molecular weight is 396 g/mol. The number of nitrogens with zero attached hydrogens (tertiary/aromatic N) is 3. The van der Waals surface area contributed by atoms with Gasteiger partial charge < -0.3 is 16.0 Å². The van der Waals surface area contributed by atoms with Crippen LogP contribution in [0.2, 0.25) is 0 Å². The molecule has 3 aromatic carbocycles. The Labute approximate surface area is 176 Å². The number of benzene rings is 3. The van der Waals surface area contributed by atoms with Gasteiger partial charge in [0.05, 0.1) is 0 Å². The summed E-state index contributed by atoms with van der Waals surface area (Å²) in [5.41, 5.74) is 6.23. The lowest BCUT2D eigenvalue weighted by molar-refractivity contribution is 1.06. The largest absolute Gasteiger partial charge is 0.324 e. The molecule has 3 N–H and O–H groups in total. The van der Waals surface area contributed by atoms with Gasteiger partial charge in [0.25, 0.3) is 0 Å². The molecule has 30 heavy (non-hydrogen) atoms. The van der Waals surface area contributed by atoms with Crippen LogP contribution in [0.25, 0.3) is 0 Å². The molecule has 0 aliphatic rings. The molecule has 4 aromatic rings. The Morgan fingerprint density at radius 3 is 1.40 bits per heavy atom. The van der Waals surface area contributed by atoms with Crippen molar-refractivity contribution in [3.8, 4) is 0 Å². The van der Waals surface area contributed by atoms with Gasteiger partial charge >= 0.3 is 0 Å². The minimum absolute atomic E-state index is 0.459. The van der Waals surface area contributed by atoms with Crippen LogP contribution in [-0.2, 0) is 0 Å². The summed E-state index contributed by atoms with van der Waals surface area (Å²) in [6.07, 6.45) is 0. The number of rotatable bonds is 6. The number of anilines is 6. The maximum absolute atomic E-state index is 4.58. The van der Waals surface area contributed by atoms with E-state index in [1.165, 1.54) is 5.56 Å². The zero-order valence-electron chi connectivity index (χ0n) is 17.3. The highest BCUT2D eigenvalue weighted by Gasteiger charge is 2.10. The predicted molar refractivity (Wildman–Crippen MR) is 123 cm³/mol. The molecule has 1 heterocycles. The molecular formula is C24H24N6. The molecule has 0 aliphatic carbocycles. The molecule has 0 aliphatic heterocycles. The van der Waals surface area contributed by atoms with Crippen molar-refractivity contribution in [1.82, 2.24) is 15.0 Å². The summed E-state index contributed by atoms with van der Waals surface area (Å²) in [6, 6.07) is 24.1. The molecule has 0 saturated carbocycles. The molecule has 6 nitrogen and oxygen atoms in total. The van der Waals surface area contributed by atoms with Gasteiger partial charge in [-0.15, -0.1) is 0 Å². The summed E-state index contributed by atoms with van der Waals surface area (Å²) in [5.74, 6) is 1.39. The highest BCUT2D eigenvalue weighted by molar-refractivity contribution is 5.64. The molecule has 0 radical (unpaired) electrons. The van der Waals surface area contributed by atoms with Crippen LogP contribution >= 0.6 is 0 Å². The third kappa shape index (κ3) is 4.72. The Balaban J connectivity index is 1.68. The Bertz CT molecular complexity index is 1090. The van der Waals surface area contributed by atoms with Crippen LogP contribution < -0.4 is 16.0 Å². The van der Waals surface area contributed by atoms with E-state index >= 15 is 0 Å². The van der Waals surface area contributed by atoms with Crippen LogP contribution in [0.15, 0.2) is 72.8 Å². The summed E-state index contributed by atoms with van der Waals surface area (Å²) in [5, 5.41) is 9.88. The molecule has 0 saturated heterocycles. The minimum Gasteiger partial charge on any atom is -0.324 e. The zero-order chi connectivity index (χ0) is 20.9. The molecule has 4 rings (SSSR count). The fourth-order valence-corrected chi connectivity index (χ4v) is 2.98. The smallest absolute Gasteiger partial charge is 0.233 e. The molecule has 1 aromatic heterocycles. The van der Waals surface area contributed by atoms with Gasteiger partial charge in [0.2, 0.25) is 17.8 Å². The van der Waals surface area contributed by atoms with E-state index in [2.05, 4.69) is 37.8 Å². The zero-order valence-corrected chi connectivity index (χ0v) is 17.3. The van der Waals surface area contributed by atoms with Gasteiger partial charge in [-0.05, 0) is 56.2 Å². The van der Waals surface area contributed by atoms with Crippen LogP contribution in [0.5, 0.6) is 0 Å². The lowest BCUT2D eigenvalue weighted by Gasteiger charge is -2.13. The van der Waals surface area contributed by atoms with E-state index in [4.69, 9.17) is 0 Å². The van der Waals surface area contributed by atoms with Crippen molar-refractivity contribution in [3.05, 3.63) is 89.5 Å². The van der Waals surface area contributed by atoms with E-state index in [1.807, 2.05) is 86.6 Å². The van der Waals surface area contributed by atoms with Crippen molar-refractivity contribution >= 4 is 34.9 Å². The van der Waals surface area contributed by atoms with Crippen LogP contribution in [0, 0.1) is 20.8 Å². The van der Waals surface area contributed by atoms with Gasteiger partial charge in [-0.2, -0.15) is 15.0 Å². The van der Waals surface area contributed by atoms with E-state index in [9.17, 15) is 0 Å². The third-order valence-electron chi connectivity index (χ3n) is 4.73. The highest BCUT2D eigenvalue weighted by Crippen LogP contribution is 2.23. The van der Waals surface area contributed by atoms with Gasteiger partial charge in [0.15, 0.2) is 0 Å². The monoisotopic (exact) mass is 396 g/mol.